The molecule has 0 amide bonds. The minimum Gasteiger partial charge on any atom is -0.362 e. The predicted octanol–water partition coefficient (Wildman–Crippen LogP) is 4.17. The minimum atomic E-state index is 1.06. The first-order valence-electron chi connectivity index (χ1n) is 6.16. The van der Waals surface area contributed by atoms with Gasteiger partial charge in [-0.2, -0.15) is 0 Å². The van der Waals surface area contributed by atoms with Gasteiger partial charge in [0, 0.05) is 17.1 Å². The van der Waals surface area contributed by atoms with Crippen LogP contribution < -0.4 is 0 Å². The van der Waals surface area contributed by atoms with E-state index in [2.05, 4.69) is 56.7 Å². The molecule has 1 aliphatic rings. The van der Waals surface area contributed by atoms with E-state index in [-0.39, 0.29) is 0 Å². The number of aromatic nitrogens is 1. The number of aromatic amines is 1. The number of allylic oxidation sites excluding steroid dienone is 2. The van der Waals surface area contributed by atoms with Crippen molar-refractivity contribution in [2.45, 2.75) is 41.0 Å². The maximum absolute atomic E-state index is 4.66. The van der Waals surface area contributed by atoms with Crippen molar-refractivity contribution in [3.63, 3.8) is 0 Å². The molecule has 1 N–H and O–H groups in total. The van der Waals surface area contributed by atoms with Gasteiger partial charge in [0.15, 0.2) is 0 Å². The Kier molecular flexibility index (Phi) is 3.05. The molecule has 2 nitrogen and oxygen atoms in total. The third-order valence-corrected chi connectivity index (χ3v) is 3.40. The maximum Gasteiger partial charge on any atom is 0.0672 e. The maximum atomic E-state index is 4.66. The smallest absolute Gasteiger partial charge is 0.0672 e. The summed E-state index contributed by atoms with van der Waals surface area (Å²) in [4.78, 5) is 7.98. The van der Waals surface area contributed by atoms with Gasteiger partial charge in [-0.25, -0.2) is 0 Å². The molecule has 0 bridgehead atoms. The lowest BCUT2D eigenvalue weighted by molar-refractivity contribution is 1.15. The molecule has 1 aliphatic heterocycles. The van der Waals surface area contributed by atoms with Crippen LogP contribution in [0.15, 0.2) is 27.9 Å². The molecule has 0 aromatic carbocycles. The van der Waals surface area contributed by atoms with E-state index in [0.29, 0.717) is 0 Å². The summed E-state index contributed by atoms with van der Waals surface area (Å²) >= 11 is 0. The van der Waals surface area contributed by atoms with Crippen LogP contribution in [0, 0.1) is 13.8 Å². The van der Waals surface area contributed by atoms with Crippen LogP contribution in [0.25, 0.3) is 6.08 Å². The molecule has 2 rings (SSSR count). The Hall–Kier alpha value is -1.57. The molecule has 0 fully saturated rings. The van der Waals surface area contributed by atoms with Crippen LogP contribution in [0.4, 0.5) is 0 Å². The van der Waals surface area contributed by atoms with Crippen molar-refractivity contribution < 1.29 is 0 Å². The van der Waals surface area contributed by atoms with Gasteiger partial charge in [0.25, 0.3) is 0 Å². The summed E-state index contributed by atoms with van der Waals surface area (Å²) in [5.74, 6) is 0. The van der Waals surface area contributed by atoms with E-state index in [0.717, 1.165) is 12.1 Å². The van der Waals surface area contributed by atoms with Crippen molar-refractivity contribution in [2.24, 2.45) is 4.99 Å². The highest BCUT2D eigenvalue weighted by atomic mass is 14.8. The van der Waals surface area contributed by atoms with E-state index in [1.165, 1.54) is 33.8 Å². The van der Waals surface area contributed by atoms with Gasteiger partial charge in [-0.1, -0.05) is 6.92 Å². The van der Waals surface area contributed by atoms with Gasteiger partial charge < -0.3 is 4.98 Å². The molecule has 0 radical (unpaired) electrons. The van der Waals surface area contributed by atoms with Gasteiger partial charge in [0.1, 0.15) is 0 Å². The number of hydrogen-bond acceptors (Lipinski definition) is 1. The fourth-order valence-electron chi connectivity index (χ4n) is 2.46. The Labute approximate surface area is 103 Å². The Morgan fingerprint density at radius 3 is 2.41 bits per heavy atom. The molecular formula is C15H20N2. The normalized spacial score (nSPS) is 18.2. The van der Waals surface area contributed by atoms with E-state index in [9.17, 15) is 0 Å². The van der Waals surface area contributed by atoms with Crippen LogP contribution in [-0.2, 0) is 0 Å². The molecular weight excluding hydrogens is 208 g/mol. The van der Waals surface area contributed by atoms with Gasteiger partial charge in [0.2, 0.25) is 0 Å². The molecule has 0 atom stereocenters. The van der Waals surface area contributed by atoms with Crippen molar-refractivity contribution in [1.29, 1.82) is 0 Å². The Morgan fingerprint density at radius 1 is 1.24 bits per heavy atom. The van der Waals surface area contributed by atoms with Crippen LogP contribution in [0.1, 0.15) is 44.1 Å². The molecule has 0 saturated heterocycles. The number of hydrogen-bond donors (Lipinski definition) is 1. The van der Waals surface area contributed by atoms with Crippen LogP contribution in [0.5, 0.6) is 0 Å². The zero-order chi connectivity index (χ0) is 12.6. The highest BCUT2D eigenvalue weighted by Crippen LogP contribution is 2.29. The van der Waals surface area contributed by atoms with Crippen molar-refractivity contribution in [2.75, 3.05) is 0 Å². The minimum absolute atomic E-state index is 1.06. The molecule has 0 saturated carbocycles. The largest absolute Gasteiger partial charge is 0.362 e. The predicted molar refractivity (Wildman–Crippen MR) is 74.3 cm³/mol. The zero-order valence-electron chi connectivity index (χ0n) is 11.3. The fraction of sp³-hybridized carbons (Fsp3) is 0.400. The number of aryl methyl sites for hydroxylation is 2. The zero-order valence-corrected chi connectivity index (χ0v) is 11.3. The number of nitrogens with zero attached hydrogens (tertiary/aromatic N) is 1. The Bertz CT molecular complexity index is 539. The average molecular weight is 228 g/mol. The monoisotopic (exact) mass is 228 g/mol. The van der Waals surface area contributed by atoms with Gasteiger partial charge in [-0.15, -0.1) is 0 Å². The number of H-pyrrole nitrogens is 1. The standard InChI is InChI=1S/C15H20N2/c1-6-14-10(3)15(17-12(14)5)8-13-7-9(2)16-11(13)4/h7-8,16H,6H2,1-5H3. The van der Waals surface area contributed by atoms with Crippen molar-refractivity contribution in [1.82, 2.24) is 4.98 Å². The van der Waals surface area contributed by atoms with E-state index in [1.54, 1.807) is 0 Å². The lowest BCUT2D eigenvalue weighted by Gasteiger charge is -1.99. The third kappa shape index (κ3) is 2.12. The summed E-state index contributed by atoms with van der Waals surface area (Å²) in [5.41, 5.74) is 8.64. The number of aliphatic imine (C=N–C) groups is 1. The fourth-order valence-corrected chi connectivity index (χ4v) is 2.46. The highest BCUT2D eigenvalue weighted by molar-refractivity contribution is 6.03. The van der Waals surface area contributed by atoms with Gasteiger partial charge in [-0.05, 0) is 63.0 Å². The van der Waals surface area contributed by atoms with Gasteiger partial charge in [0.05, 0.1) is 5.70 Å². The summed E-state index contributed by atoms with van der Waals surface area (Å²) in [5, 5.41) is 0. The first kappa shape index (κ1) is 11.9. The van der Waals surface area contributed by atoms with Gasteiger partial charge >= 0.3 is 0 Å². The van der Waals surface area contributed by atoms with E-state index in [4.69, 9.17) is 0 Å². The quantitative estimate of drug-likeness (QED) is 0.787. The highest BCUT2D eigenvalue weighted by Gasteiger charge is 2.16. The summed E-state index contributed by atoms with van der Waals surface area (Å²) in [7, 11) is 0. The molecule has 2 heterocycles. The molecule has 1 aromatic rings. The summed E-state index contributed by atoms with van der Waals surface area (Å²) < 4.78 is 0. The SMILES string of the molecule is CCC1=C(C)C(=Cc2cc(C)[nH]c2C)N=C1C. The summed E-state index contributed by atoms with van der Waals surface area (Å²) in [6.45, 7) is 10.6. The van der Waals surface area contributed by atoms with E-state index >= 15 is 0 Å². The first-order valence-corrected chi connectivity index (χ1v) is 6.16. The lowest BCUT2D eigenvalue weighted by Crippen LogP contribution is -1.91. The summed E-state index contributed by atoms with van der Waals surface area (Å²) in [6, 6.07) is 2.17. The summed E-state index contributed by atoms with van der Waals surface area (Å²) in [6.07, 6.45) is 3.24. The van der Waals surface area contributed by atoms with Crippen LogP contribution in [0.2, 0.25) is 0 Å². The second-order valence-corrected chi connectivity index (χ2v) is 4.72. The lowest BCUT2D eigenvalue weighted by atomic mass is 10.0. The van der Waals surface area contributed by atoms with E-state index in [1.807, 2.05) is 0 Å². The molecule has 90 valence electrons. The Morgan fingerprint density at radius 2 is 1.94 bits per heavy atom. The Balaban J connectivity index is 2.44. The topological polar surface area (TPSA) is 28.1 Å². The van der Waals surface area contributed by atoms with Gasteiger partial charge in [-0.3, -0.25) is 4.99 Å². The van der Waals surface area contributed by atoms with Crippen LogP contribution >= 0.6 is 0 Å². The van der Waals surface area contributed by atoms with Crippen molar-refractivity contribution >= 4 is 11.8 Å². The van der Waals surface area contributed by atoms with Crippen LogP contribution in [-0.4, -0.2) is 10.7 Å². The average Bonchev–Trinajstić information content (AvgIpc) is 2.69. The van der Waals surface area contributed by atoms with Crippen LogP contribution in [0.3, 0.4) is 0 Å². The molecule has 2 heteroatoms. The number of nitrogens with one attached hydrogen (secondary N) is 1. The molecule has 0 spiro atoms. The third-order valence-electron chi connectivity index (χ3n) is 3.40. The second-order valence-electron chi connectivity index (χ2n) is 4.72. The number of rotatable bonds is 2. The van der Waals surface area contributed by atoms with Crippen molar-refractivity contribution in [3.8, 4) is 0 Å². The molecule has 1 aromatic heterocycles. The molecule has 17 heavy (non-hydrogen) atoms. The first-order chi connectivity index (χ1) is 8.02. The molecule has 0 aliphatic carbocycles. The van der Waals surface area contributed by atoms with Crippen molar-refractivity contribution in [3.05, 3.63) is 39.9 Å². The molecule has 0 unspecified atom stereocenters. The second kappa shape index (κ2) is 4.36. The van der Waals surface area contributed by atoms with E-state index < -0.39 is 0 Å².